The van der Waals surface area contributed by atoms with Crippen molar-refractivity contribution in [2.75, 3.05) is 4.90 Å². The maximum atomic E-state index is 6.56. The van der Waals surface area contributed by atoms with Gasteiger partial charge in [0.1, 0.15) is 11.2 Å². The number of para-hydroxylation sites is 2. The van der Waals surface area contributed by atoms with E-state index in [1.165, 1.54) is 83.5 Å². The minimum Gasteiger partial charge on any atom is -0.455 e. The number of hydrogen-bond donors (Lipinski definition) is 0. The molecule has 0 fully saturated rings. The second-order valence-electron chi connectivity index (χ2n) is 20.3. The van der Waals surface area contributed by atoms with E-state index in [4.69, 9.17) is 4.42 Å². The Morgan fingerprint density at radius 1 is 0.306 bits per heavy atom. The SMILES string of the molecule is CC1(C)c2ccccc2-c2ccc(N(c3ccc(-c4cccc5c4oc4ccccc45)cc3)c3cc(-c4ccccc4)cc(-c4cccc5c4-c4ccccc4C54c5ccccc5-c5ccccc54)c3)cc21. The van der Waals surface area contributed by atoms with Gasteiger partial charge in [0, 0.05) is 38.8 Å². The van der Waals surface area contributed by atoms with E-state index in [0.717, 1.165) is 55.7 Å². The molecule has 1 spiro atoms. The van der Waals surface area contributed by atoms with Crippen LogP contribution in [-0.4, -0.2) is 0 Å². The molecule has 0 saturated carbocycles. The molecule has 0 bridgehead atoms. The van der Waals surface area contributed by atoms with E-state index >= 15 is 0 Å². The summed E-state index contributed by atoms with van der Waals surface area (Å²) in [6.45, 7) is 4.74. The second kappa shape index (κ2) is 15.3. The molecule has 0 aliphatic heterocycles. The van der Waals surface area contributed by atoms with Crippen LogP contribution in [0.15, 0.2) is 253 Å². The van der Waals surface area contributed by atoms with Crippen LogP contribution < -0.4 is 4.90 Å². The highest BCUT2D eigenvalue weighted by Crippen LogP contribution is 2.64. The van der Waals surface area contributed by atoms with Crippen molar-refractivity contribution in [2.45, 2.75) is 24.7 Å². The molecule has 0 saturated heterocycles. The highest BCUT2D eigenvalue weighted by molar-refractivity contribution is 6.10. The van der Waals surface area contributed by atoms with E-state index in [-0.39, 0.29) is 5.41 Å². The fourth-order valence-corrected chi connectivity index (χ4v) is 13.1. The van der Waals surface area contributed by atoms with Crippen molar-refractivity contribution < 1.29 is 4.42 Å². The summed E-state index contributed by atoms with van der Waals surface area (Å²) in [6, 6.07) is 92.4. The molecule has 3 aliphatic carbocycles. The van der Waals surface area contributed by atoms with Crippen LogP contribution in [0.4, 0.5) is 17.1 Å². The van der Waals surface area contributed by atoms with Gasteiger partial charge >= 0.3 is 0 Å². The first-order chi connectivity index (χ1) is 35.5. The number of nitrogens with zero attached hydrogens (tertiary/aromatic N) is 1. The number of fused-ring (bicyclic) bond motifs is 16. The van der Waals surface area contributed by atoms with Crippen LogP contribution in [0, 0.1) is 0 Å². The quantitative estimate of drug-likeness (QED) is 0.165. The van der Waals surface area contributed by atoms with E-state index in [9.17, 15) is 0 Å². The maximum absolute atomic E-state index is 6.56. The molecule has 72 heavy (non-hydrogen) atoms. The van der Waals surface area contributed by atoms with E-state index in [0.29, 0.717) is 0 Å². The fourth-order valence-electron chi connectivity index (χ4n) is 13.1. The lowest BCUT2D eigenvalue weighted by Crippen LogP contribution is -2.25. The largest absolute Gasteiger partial charge is 0.455 e. The summed E-state index contributed by atoms with van der Waals surface area (Å²) in [7, 11) is 0. The Morgan fingerprint density at radius 3 is 1.58 bits per heavy atom. The standard InChI is InChI=1S/C70H47NO/c1-69(2)60-28-11-6-20-53(60)56-39-38-49(43-65(56)69)71(48-36-34-45(35-37-48)52-26-16-27-58-57-23-10-15-33-66(57)72-68(52)58)50-41-46(44-18-4-3-5-19-44)40-47(42-50)51-25-17-32-64-67(51)59-24-9-14-31-63(59)70(64)61-29-12-7-21-54(61)55-22-8-13-30-62(55)70/h3-43H,1-2H3. The molecule has 2 nitrogen and oxygen atoms in total. The van der Waals surface area contributed by atoms with Gasteiger partial charge in [-0.15, -0.1) is 0 Å². The van der Waals surface area contributed by atoms with Gasteiger partial charge in [-0.1, -0.05) is 214 Å². The molecule has 15 rings (SSSR count). The van der Waals surface area contributed by atoms with Gasteiger partial charge in [-0.05, 0) is 143 Å². The van der Waals surface area contributed by atoms with E-state index in [1.807, 2.05) is 6.07 Å². The Bertz CT molecular complexity index is 4150. The maximum Gasteiger partial charge on any atom is 0.143 e. The Morgan fingerprint density at radius 2 is 0.833 bits per heavy atom. The van der Waals surface area contributed by atoms with Crippen molar-refractivity contribution in [2.24, 2.45) is 0 Å². The molecule has 0 amide bonds. The third kappa shape index (κ3) is 5.66. The smallest absolute Gasteiger partial charge is 0.143 e. The second-order valence-corrected chi connectivity index (χ2v) is 20.3. The first-order valence-corrected chi connectivity index (χ1v) is 25.2. The van der Waals surface area contributed by atoms with Gasteiger partial charge in [-0.3, -0.25) is 0 Å². The van der Waals surface area contributed by atoms with Crippen LogP contribution in [0.25, 0.3) is 88.7 Å². The van der Waals surface area contributed by atoms with Gasteiger partial charge in [0.25, 0.3) is 0 Å². The first-order valence-electron chi connectivity index (χ1n) is 25.2. The van der Waals surface area contributed by atoms with Crippen LogP contribution in [0.3, 0.4) is 0 Å². The minimum atomic E-state index is -0.440. The van der Waals surface area contributed by atoms with Crippen molar-refractivity contribution in [3.8, 4) is 66.8 Å². The monoisotopic (exact) mass is 917 g/mol. The summed E-state index contributed by atoms with van der Waals surface area (Å²) < 4.78 is 6.56. The third-order valence-corrected chi connectivity index (χ3v) is 16.3. The van der Waals surface area contributed by atoms with Crippen LogP contribution in [0.5, 0.6) is 0 Å². The molecule has 0 atom stereocenters. The number of rotatable bonds is 6. The number of furan rings is 1. The Balaban J connectivity index is 0.962. The molecule has 0 N–H and O–H groups in total. The molecular formula is C70H47NO. The molecule has 0 unspecified atom stereocenters. The minimum absolute atomic E-state index is 0.175. The van der Waals surface area contributed by atoms with Crippen molar-refractivity contribution in [3.05, 3.63) is 282 Å². The summed E-state index contributed by atoms with van der Waals surface area (Å²) in [5, 5.41) is 2.26. The van der Waals surface area contributed by atoms with Crippen molar-refractivity contribution in [1.82, 2.24) is 0 Å². The number of benzene rings is 11. The van der Waals surface area contributed by atoms with Crippen LogP contribution in [0.1, 0.15) is 47.2 Å². The molecular weight excluding hydrogens is 871 g/mol. The summed E-state index contributed by atoms with van der Waals surface area (Å²) in [4.78, 5) is 2.48. The number of anilines is 3. The summed E-state index contributed by atoms with van der Waals surface area (Å²) in [5.41, 5.74) is 27.2. The zero-order valence-corrected chi connectivity index (χ0v) is 40.0. The molecule has 1 heterocycles. The Kier molecular flexibility index (Phi) is 8.66. The zero-order valence-electron chi connectivity index (χ0n) is 40.0. The highest BCUT2D eigenvalue weighted by atomic mass is 16.3. The lowest BCUT2D eigenvalue weighted by atomic mass is 9.70. The lowest BCUT2D eigenvalue weighted by molar-refractivity contribution is 0.660. The van der Waals surface area contributed by atoms with Gasteiger partial charge in [-0.2, -0.15) is 0 Å². The summed E-state index contributed by atoms with van der Waals surface area (Å²) in [6.07, 6.45) is 0. The molecule has 1 aromatic heterocycles. The molecule has 338 valence electrons. The predicted octanol–water partition coefficient (Wildman–Crippen LogP) is 18.7. The first kappa shape index (κ1) is 40.9. The van der Waals surface area contributed by atoms with Crippen molar-refractivity contribution >= 4 is 39.0 Å². The average Bonchev–Trinajstić information content (AvgIpc) is 4.13. The summed E-state index contributed by atoms with van der Waals surface area (Å²) >= 11 is 0. The predicted molar refractivity (Wildman–Crippen MR) is 299 cm³/mol. The topological polar surface area (TPSA) is 16.4 Å². The van der Waals surface area contributed by atoms with Gasteiger partial charge in [0.05, 0.1) is 5.41 Å². The van der Waals surface area contributed by atoms with Gasteiger partial charge in [0.15, 0.2) is 0 Å². The average molecular weight is 918 g/mol. The third-order valence-electron chi connectivity index (χ3n) is 16.3. The van der Waals surface area contributed by atoms with Crippen LogP contribution in [0.2, 0.25) is 0 Å². The Hall–Kier alpha value is -8.98. The lowest BCUT2D eigenvalue weighted by Gasteiger charge is -2.30. The van der Waals surface area contributed by atoms with E-state index in [1.54, 1.807) is 0 Å². The fraction of sp³-hybridized carbons (Fsp3) is 0.0571. The van der Waals surface area contributed by atoms with Gasteiger partial charge < -0.3 is 9.32 Å². The van der Waals surface area contributed by atoms with Crippen molar-refractivity contribution in [1.29, 1.82) is 0 Å². The highest BCUT2D eigenvalue weighted by Gasteiger charge is 2.52. The van der Waals surface area contributed by atoms with Gasteiger partial charge in [-0.25, -0.2) is 0 Å². The Labute approximate surface area is 419 Å². The molecule has 12 aromatic rings. The molecule has 3 aliphatic rings. The van der Waals surface area contributed by atoms with Gasteiger partial charge in [0.2, 0.25) is 0 Å². The van der Waals surface area contributed by atoms with Crippen LogP contribution in [-0.2, 0) is 10.8 Å². The molecule has 2 heteroatoms. The van der Waals surface area contributed by atoms with Crippen molar-refractivity contribution in [3.63, 3.8) is 0 Å². The van der Waals surface area contributed by atoms with E-state index < -0.39 is 5.41 Å². The zero-order chi connectivity index (χ0) is 47.7. The number of hydrogen-bond acceptors (Lipinski definition) is 2. The summed E-state index contributed by atoms with van der Waals surface area (Å²) in [5.74, 6) is 0. The van der Waals surface area contributed by atoms with E-state index in [2.05, 4.69) is 261 Å². The molecule has 11 aromatic carbocycles. The molecule has 0 radical (unpaired) electrons. The van der Waals surface area contributed by atoms with Crippen LogP contribution >= 0.6 is 0 Å². The normalized spacial score (nSPS) is 13.9.